The molecule has 0 radical (unpaired) electrons. The van der Waals surface area contributed by atoms with Crippen LogP contribution >= 0.6 is 0 Å². The zero-order valence-corrected chi connectivity index (χ0v) is 10.1. The number of H-pyrrole nitrogens is 1. The van der Waals surface area contributed by atoms with E-state index in [0.717, 1.165) is 25.1 Å². The summed E-state index contributed by atoms with van der Waals surface area (Å²) < 4.78 is 1.53. The fourth-order valence-corrected chi connectivity index (χ4v) is 1.42. The second-order valence-corrected chi connectivity index (χ2v) is 5.20. The van der Waals surface area contributed by atoms with E-state index in [1.807, 2.05) is 0 Å². The van der Waals surface area contributed by atoms with Crippen molar-refractivity contribution in [2.24, 2.45) is 5.41 Å². The number of unbranched alkanes of at least 4 members (excludes halogenated alkanes) is 1. The smallest absolute Gasteiger partial charge is 0.293 e. The van der Waals surface area contributed by atoms with E-state index in [1.54, 1.807) is 0 Å². The maximum atomic E-state index is 11.5. The molecule has 0 saturated carbocycles. The Morgan fingerprint density at radius 2 is 2.07 bits per heavy atom. The second-order valence-electron chi connectivity index (χ2n) is 5.20. The van der Waals surface area contributed by atoms with Crippen molar-refractivity contribution in [3.63, 3.8) is 0 Å². The van der Waals surface area contributed by atoms with Gasteiger partial charge in [-0.3, -0.25) is 4.98 Å². The lowest BCUT2D eigenvalue weighted by Crippen LogP contribution is -2.25. The van der Waals surface area contributed by atoms with Crippen molar-refractivity contribution in [2.45, 2.75) is 53.5 Å². The summed E-state index contributed by atoms with van der Waals surface area (Å²) in [6.45, 7) is 9.08. The fraction of sp³-hybridized carbons (Fsp3) is 0.818. The Kier molecular flexibility index (Phi) is 3.72. The second kappa shape index (κ2) is 4.64. The van der Waals surface area contributed by atoms with Crippen molar-refractivity contribution in [1.82, 2.24) is 14.8 Å². The average Bonchev–Trinajstić information content (AvgIpc) is 2.41. The molecule has 1 rings (SSSR count). The van der Waals surface area contributed by atoms with Crippen LogP contribution in [0.3, 0.4) is 0 Å². The maximum Gasteiger partial charge on any atom is 0.343 e. The molecule has 1 aromatic heterocycles. The van der Waals surface area contributed by atoms with E-state index in [9.17, 15) is 4.79 Å². The first kappa shape index (κ1) is 12.0. The van der Waals surface area contributed by atoms with Gasteiger partial charge >= 0.3 is 5.69 Å². The van der Waals surface area contributed by atoms with Gasteiger partial charge < -0.3 is 0 Å². The highest BCUT2D eigenvalue weighted by atomic mass is 16.1. The molecule has 0 bridgehead atoms. The van der Waals surface area contributed by atoms with Gasteiger partial charge in [0.1, 0.15) is 5.82 Å². The van der Waals surface area contributed by atoms with E-state index < -0.39 is 0 Å². The molecule has 4 heteroatoms. The van der Waals surface area contributed by atoms with E-state index in [4.69, 9.17) is 0 Å². The first-order valence-corrected chi connectivity index (χ1v) is 5.58. The first-order valence-electron chi connectivity index (χ1n) is 5.58. The molecular formula is C11H21N3O. The highest BCUT2D eigenvalue weighted by molar-refractivity contribution is 4.83. The molecule has 0 aromatic carbocycles. The molecule has 0 amide bonds. The summed E-state index contributed by atoms with van der Waals surface area (Å²) in [5.74, 6) is 0.811. The van der Waals surface area contributed by atoms with Crippen LogP contribution in [-0.4, -0.2) is 14.8 Å². The van der Waals surface area contributed by atoms with E-state index in [0.29, 0.717) is 6.54 Å². The number of rotatable bonds is 4. The Hall–Kier alpha value is -1.06. The van der Waals surface area contributed by atoms with Gasteiger partial charge in [-0.15, -0.1) is 0 Å². The monoisotopic (exact) mass is 211 g/mol. The summed E-state index contributed by atoms with van der Waals surface area (Å²) in [5, 5.41) is 4.28. The van der Waals surface area contributed by atoms with Crippen LogP contribution in [-0.2, 0) is 13.0 Å². The number of hydrogen-bond donors (Lipinski definition) is 1. The van der Waals surface area contributed by atoms with E-state index in [2.05, 4.69) is 37.8 Å². The Bertz CT molecular complexity index is 357. The minimum Gasteiger partial charge on any atom is -0.293 e. The van der Waals surface area contributed by atoms with Crippen LogP contribution in [0.1, 0.15) is 46.4 Å². The Labute approximate surface area is 90.7 Å². The lowest BCUT2D eigenvalue weighted by atomic mass is 9.97. The summed E-state index contributed by atoms with van der Waals surface area (Å²) in [6.07, 6.45) is 3.06. The zero-order chi connectivity index (χ0) is 11.5. The van der Waals surface area contributed by atoms with Gasteiger partial charge in [-0.05, 0) is 11.8 Å². The van der Waals surface area contributed by atoms with Gasteiger partial charge in [0.05, 0.1) is 6.54 Å². The van der Waals surface area contributed by atoms with Crippen molar-refractivity contribution < 1.29 is 0 Å². The van der Waals surface area contributed by atoms with Crippen LogP contribution in [0, 0.1) is 5.41 Å². The number of hydrogen-bond acceptors (Lipinski definition) is 2. The molecule has 86 valence electrons. The summed E-state index contributed by atoms with van der Waals surface area (Å²) in [4.78, 5) is 14.3. The van der Waals surface area contributed by atoms with Crippen LogP contribution < -0.4 is 5.69 Å². The minimum atomic E-state index is -0.0870. The summed E-state index contributed by atoms with van der Waals surface area (Å²) in [5.41, 5.74) is -0.00264. The molecule has 0 unspecified atom stereocenters. The van der Waals surface area contributed by atoms with Gasteiger partial charge in [0, 0.05) is 6.42 Å². The van der Waals surface area contributed by atoms with E-state index in [-0.39, 0.29) is 11.1 Å². The molecule has 0 spiro atoms. The van der Waals surface area contributed by atoms with Crippen molar-refractivity contribution in [3.05, 3.63) is 16.3 Å². The minimum absolute atomic E-state index is 0.0844. The topological polar surface area (TPSA) is 50.7 Å². The van der Waals surface area contributed by atoms with E-state index >= 15 is 0 Å². The van der Waals surface area contributed by atoms with Gasteiger partial charge in [0.2, 0.25) is 0 Å². The van der Waals surface area contributed by atoms with Gasteiger partial charge in [-0.1, -0.05) is 34.1 Å². The van der Waals surface area contributed by atoms with Crippen LogP contribution in [0.2, 0.25) is 0 Å². The van der Waals surface area contributed by atoms with Crippen molar-refractivity contribution >= 4 is 0 Å². The molecule has 15 heavy (non-hydrogen) atoms. The molecule has 0 aliphatic heterocycles. The average molecular weight is 211 g/mol. The summed E-state index contributed by atoms with van der Waals surface area (Å²) >= 11 is 0. The molecule has 0 atom stereocenters. The predicted molar refractivity (Wildman–Crippen MR) is 60.9 cm³/mol. The normalized spacial score (nSPS) is 12.0. The Morgan fingerprint density at radius 3 is 2.60 bits per heavy atom. The number of nitrogens with zero attached hydrogens (tertiary/aromatic N) is 2. The van der Waals surface area contributed by atoms with Gasteiger partial charge in [0.25, 0.3) is 0 Å². The summed E-state index contributed by atoms with van der Waals surface area (Å²) in [6, 6.07) is 0. The Balaban J connectivity index is 2.73. The predicted octanol–water partition coefficient (Wildman–Crippen LogP) is 1.96. The van der Waals surface area contributed by atoms with Crippen LogP contribution in [0.5, 0.6) is 0 Å². The molecule has 1 N–H and O–H groups in total. The summed E-state index contributed by atoms with van der Waals surface area (Å²) in [7, 11) is 0. The van der Waals surface area contributed by atoms with Crippen LogP contribution in [0.4, 0.5) is 0 Å². The highest BCUT2D eigenvalue weighted by Crippen LogP contribution is 2.14. The lowest BCUT2D eigenvalue weighted by Gasteiger charge is -2.16. The quantitative estimate of drug-likeness (QED) is 0.827. The third-order valence-electron chi connectivity index (χ3n) is 2.12. The molecule has 0 aliphatic rings. The van der Waals surface area contributed by atoms with Crippen molar-refractivity contribution in [3.8, 4) is 0 Å². The maximum absolute atomic E-state index is 11.5. The van der Waals surface area contributed by atoms with E-state index in [1.165, 1.54) is 4.68 Å². The molecule has 0 saturated heterocycles. The van der Waals surface area contributed by atoms with Crippen LogP contribution in [0.15, 0.2) is 4.79 Å². The molecule has 4 nitrogen and oxygen atoms in total. The van der Waals surface area contributed by atoms with Crippen molar-refractivity contribution in [1.29, 1.82) is 0 Å². The molecule has 0 fully saturated rings. The van der Waals surface area contributed by atoms with Gasteiger partial charge in [-0.25, -0.2) is 9.48 Å². The zero-order valence-electron chi connectivity index (χ0n) is 10.1. The fourth-order valence-electron chi connectivity index (χ4n) is 1.42. The largest absolute Gasteiger partial charge is 0.343 e. The highest BCUT2D eigenvalue weighted by Gasteiger charge is 2.14. The standard InChI is InChI=1S/C11H21N3O/c1-5-6-7-9-12-10(15)14(13-9)8-11(2,3)4/h5-8H2,1-4H3,(H,12,13,15). The number of aryl methyl sites for hydroxylation is 1. The number of aromatic nitrogens is 3. The number of aromatic amines is 1. The molecule has 0 aliphatic carbocycles. The third kappa shape index (κ3) is 3.90. The third-order valence-corrected chi connectivity index (χ3v) is 2.12. The number of nitrogens with one attached hydrogen (secondary N) is 1. The molecule has 1 aromatic rings. The SMILES string of the molecule is CCCCc1nn(CC(C)(C)C)c(=O)[nH]1. The van der Waals surface area contributed by atoms with Gasteiger partial charge in [-0.2, -0.15) is 5.10 Å². The first-order chi connectivity index (χ1) is 6.92. The molecular weight excluding hydrogens is 190 g/mol. The Morgan fingerprint density at radius 1 is 1.40 bits per heavy atom. The van der Waals surface area contributed by atoms with Crippen molar-refractivity contribution in [2.75, 3.05) is 0 Å². The lowest BCUT2D eigenvalue weighted by molar-refractivity contribution is 0.319. The molecule has 1 heterocycles. The van der Waals surface area contributed by atoms with Crippen LogP contribution in [0.25, 0.3) is 0 Å². The van der Waals surface area contributed by atoms with Gasteiger partial charge in [0.15, 0.2) is 0 Å².